The molecule has 1 aromatic carbocycles. The molecule has 0 aliphatic heterocycles. The Morgan fingerprint density at radius 3 is 2.70 bits per heavy atom. The van der Waals surface area contributed by atoms with Gasteiger partial charge in [-0.3, -0.25) is 0 Å². The topological polar surface area (TPSA) is 34.8 Å². The molecule has 104 valence electrons. The Hall–Kier alpha value is -2.07. The smallest absolute Gasteiger partial charge is 0.123 e. The summed E-state index contributed by atoms with van der Waals surface area (Å²) in [4.78, 5) is 4.68. The van der Waals surface area contributed by atoms with E-state index in [1.54, 1.807) is 0 Å². The second-order valence-electron chi connectivity index (χ2n) is 5.22. The highest BCUT2D eigenvalue weighted by atomic mass is 15.1. The van der Waals surface area contributed by atoms with E-state index in [4.69, 9.17) is 0 Å². The molecule has 2 heterocycles. The van der Waals surface area contributed by atoms with Gasteiger partial charge in [0.2, 0.25) is 0 Å². The van der Waals surface area contributed by atoms with E-state index in [-0.39, 0.29) is 0 Å². The van der Waals surface area contributed by atoms with Crippen molar-refractivity contribution >= 4 is 10.9 Å². The number of fused-ring (bicyclic) bond motifs is 1. The van der Waals surface area contributed by atoms with Crippen LogP contribution in [0.25, 0.3) is 22.2 Å². The quantitative estimate of drug-likeness (QED) is 0.792. The predicted molar refractivity (Wildman–Crippen MR) is 82.6 cm³/mol. The van der Waals surface area contributed by atoms with Crippen molar-refractivity contribution in [3.8, 4) is 11.3 Å². The first-order chi connectivity index (χ1) is 9.63. The van der Waals surface area contributed by atoms with Crippen LogP contribution < -0.4 is 5.32 Å². The highest BCUT2D eigenvalue weighted by Crippen LogP contribution is 2.32. The molecule has 0 aliphatic carbocycles. The Morgan fingerprint density at radius 1 is 1.20 bits per heavy atom. The van der Waals surface area contributed by atoms with Gasteiger partial charge >= 0.3 is 0 Å². The van der Waals surface area contributed by atoms with Crippen LogP contribution in [0, 0.1) is 6.92 Å². The molecule has 0 amide bonds. The Morgan fingerprint density at radius 2 is 1.95 bits per heavy atom. The summed E-state index contributed by atoms with van der Waals surface area (Å²) in [7, 11) is 6.12. The molecule has 0 bridgehead atoms. The van der Waals surface area contributed by atoms with Crippen LogP contribution in [0.2, 0.25) is 0 Å². The van der Waals surface area contributed by atoms with Crippen LogP contribution in [0.1, 0.15) is 11.5 Å². The van der Waals surface area contributed by atoms with E-state index < -0.39 is 0 Å². The zero-order chi connectivity index (χ0) is 14.3. The predicted octanol–water partition coefficient (Wildman–Crippen LogP) is 2.61. The number of aromatic nitrogens is 3. The highest BCUT2D eigenvalue weighted by Gasteiger charge is 2.17. The average Bonchev–Trinajstić information content (AvgIpc) is 2.90. The van der Waals surface area contributed by atoms with Crippen molar-refractivity contribution in [3.63, 3.8) is 0 Å². The number of rotatable bonds is 3. The van der Waals surface area contributed by atoms with Gasteiger partial charge in [0.25, 0.3) is 0 Å². The second kappa shape index (κ2) is 4.80. The van der Waals surface area contributed by atoms with Gasteiger partial charge in [0.1, 0.15) is 5.82 Å². The number of imidazole rings is 1. The van der Waals surface area contributed by atoms with Crippen LogP contribution in [0.4, 0.5) is 0 Å². The number of para-hydroxylation sites is 1. The largest absolute Gasteiger partial charge is 0.350 e. The first kappa shape index (κ1) is 12.9. The summed E-state index contributed by atoms with van der Waals surface area (Å²) in [6.45, 7) is 2.86. The Balaban J connectivity index is 2.26. The van der Waals surface area contributed by atoms with E-state index >= 15 is 0 Å². The molecule has 2 aromatic heterocycles. The number of benzene rings is 1. The lowest BCUT2D eigenvalue weighted by Crippen LogP contribution is -2.10. The molecule has 0 saturated heterocycles. The fraction of sp³-hybridized carbons (Fsp3) is 0.312. The Kier molecular flexibility index (Phi) is 3.10. The summed E-state index contributed by atoms with van der Waals surface area (Å²) in [6.07, 6.45) is 2.19. The van der Waals surface area contributed by atoms with E-state index in [0.717, 1.165) is 18.1 Å². The second-order valence-corrected chi connectivity index (χ2v) is 5.22. The summed E-state index contributed by atoms with van der Waals surface area (Å²) in [5.41, 5.74) is 4.78. The van der Waals surface area contributed by atoms with Gasteiger partial charge < -0.3 is 14.5 Å². The number of nitrogens with one attached hydrogen (secondary N) is 1. The van der Waals surface area contributed by atoms with Gasteiger partial charge in [-0.2, -0.15) is 0 Å². The highest BCUT2D eigenvalue weighted by molar-refractivity contribution is 5.95. The molecule has 0 aliphatic rings. The van der Waals surface area contributed by atoms with Gasteiger partial charge in [-0.05, 0) is 20.0 Å². The van der Waals surface area contributed by atoms with Crippen molar-refractivity contribution in [3.05, 3.63) is 42.0 Å². The molecule has 0 unspecified atom stereocenters. The van der Waals surface area contributed by atoms with Crippen LogP contribution in [-0.4, -0.2) is 21.2 Å². The fourth-order valence-corrected chi connectivity index (χ4v) is 2.92. The molecule has 20 heavy (non-hydrogen) atoms. The van der Waals surface area contributed by atoms with Gasteiger partial charge in [-0.1, -0.05) is 18.2 Å². The van der Waals surface area contributed by atoms with Crippen molar-refractivity contribution in [2.24, 2.45) is 14.1 Å². The number of aryl methyl sites for hydroxylation is 2. The summed E-state index contributed by atoms with van der Waals surface area (Å²) in [6, 6.07) is 8.49. The van der Waals surface area contributed by atoms with Gasteiger partial charge in [0.05, 0.1) is 17.9 Å². The third-order valence-corrected chi connectivity index (χ3v) is 3.85. The van der Waals surface area contributed by atoms with Crippen molar-refractivity contribution in [2.45, 2.75) is 13.5 Å². The van der Waals surface area contributed by atoms with E-state index in [1.807, 2.05) is 7.05 Å². The molecule has 4 nitrogen and oxygen atoms in total. The summed E-state index contributed by atoms with van der Waals surface area (Å²) < 4.78 is 4.36. The Bertz CT molecular complexity index is 764. The van der Waals surface area contributed by atoms with E-state index in [2.05, 4.69) is 70.9 Å². The van der Waals surface area contributed by atoms with Crippen LogP contribution in [0.5, 0.6) is 0 Å². The molecule has 0 spiro atoms. The number of nitrogens with zero attached hydrogens (tertiary/aromatic N) is 3. The molecule has 4 heteroatoms. The number of hydrogen-bond donors (Lipinski definition) is 1. The standard InChI is InChI=1S/C16H20N4/c1-11-16(20(4)15(18-11)9-17-2)13-10-19(3)14-8-6-5-7-12(13)14/h5-8,10,17H,9H2,1-4H3. The normalized spacial score (nSPS) is 11.4. The molecular formula is C16H20N4. The van der Waals surface area contributed by atoms with Crippen molar-refractivity contribution in [1.82, 2.24) is 19.4 Å². The maximum atomic E-state index is 4.68. The monoisotopic (exact) mass is 268 g/mol. The first-order valence-electron chi connectivity index (χ1n) is 6.84. The third kappa shape index (κ3) is 1.84. The summed E-state index contributed by atoms with van der Waals surface area (Å²) in [5.74, 6) is 1.06. The fourth-order valence-electron chi connectivity index (χ4n) is 2.92. The minimum absolute atomic E-state index is 0.780. The molecule has 0 radical (unpaired) electrons. The molecule has 3 rings (SSSR count). The van der Waals surface area contributed by atoms with Crippen LogP contribution in [-0.2, 0) is 20.6 Å². The third-order valence-electron chi connectivity index (χ3n) is 3.85. The minimum Gasteiger partial charge on any atom is -0.350 e. The maximum Gasteiger partial charge on any atom is 0.123 e. The zero-order valence-electron chi connectivity index (χ0n) is 12.4. The molecule has 3 aromatic rings. The SMILES string of the molecule is CNCc1nc(C)c(-c2cn(C)c3ccccc23)n1C. The number of hydrogen-bond acceptors (Lipinski definition) is 2. The van der Waals surface area contributed by atoms with Crippen molar-refractivity contribution < 1.29 is 0 Å². The minimum atomic E-state index is 0.780. The van der Waals surface area contributed by atoms with Crippen molar-refractivity contribution in [2.75, 3.05) is 7.05 Å². The summed E-state index contributed by atoms with van der Waals surface area (Å²) in [5, 5.41) is 4.45. The van der Waals surface area contributed by atoms with E-state index in [1.165, 1.54) is 22.2 Å². The van der Waals surface area contributed by atoms with Crippen LogP contribution in [0.3, 0.4) is 0 Å². The maximum absolute atomic E-state index is 4.68. The van der Waals surface area contributed by atoms with Crippen LogP contribution in [0.15, 0.2) is 30.5 Å². The van der Waals surface area contributed by atoms with Crippen LogP contribution >= 0.6 is 0 Å². The Labute approximate surface area is 119 Å². The van der Waals surface area contributed by atoms with Crippen molar-refractivity contribution in [1.29, 1.82) is 0 Å². The van der Waals surface area contributed by atoms with E-state index in [9.17, 15) is 0 Å². The van der Waals surface area contributed by atoms with E-state index in [0.29, 0.717) is 0 Å². The molecule has 0 fully saturated rings. The lowest BCUT2D eigenvalue weighted by Gasteiger charge is -2.05. The van der Waals surface area contributed by atoms with Gasteiger partial charge in [-0.15, -0.1) is 0 Å². The molecule has 0 atom stereocenters. The lowest BCUT2D eigenvalue weighted by molar-refractivity contribution is 0.712. The van der Waals surface area contributed by atoms with Gasteiger partial charge in [0.15, 0.2) is 0 Å². The first-order valence-corrected chi connectivity index (χ1v) is 6.84. The molecule has 0 saturated carbocycles. The zero-order valence-corrected chi connectivity index (χ0v) is 12.4. The van der Waals surface area contributed by atoms with Gasteiger partial charge in [-0.25, -0.2) is 4.98 Å². The lowest BCUT2D eigenvalue weighted by atomic mass is 10.1. The average molecular weight is 268 g/mol. The molecular weight excluding hydrogens is 248 g/mol. The molecule has 1 N–H and O–H groups in total. The summed E-state index contributed by atoms with van der Waals surface area (Å²) >= 11 is 0. The van der Waals surface area contributed by atoms with Gasteiger partial charge in [0, 0.05) is 36.8 Å².